The van der Waals surface area contributed by atoms with Crippen LogP contribution in [0, 0.1) is 6.92 Å². The van der Waals surface area contributed by atoms with Gasteiger partial charge in [0, 0.05) is 5.56 Å². The first kappa shape index (κ1) is 15.6. The molecule has 3 aromatic carbocycles. The minimum Gasteiger partial charge on any atom is -0.372 e. The first-order valence-corrected chi connectivity index (χ1v) is 8.35. The van der Waals surface area contributed by atoms with E-state index in [-0.39, 0.29) is 5.91 Å². The van der Waals surface area contributed by atoms with Crippen molar-refractivity contribution >= 4 is 11.6 Å². The third-order valence-electron chi connectivity index (χ3n) is 4.76. The van der Waals surface area contributed by atoms with Gasteiger partial charge in [-0.25, -0.2) is 0 Å². The zero-order valence-corrected chi connectivity index (χ0v) is 14.0. The lowest BCUT2D eigenvalue weighted by atomic mass is 9.87. The highest BCUT2D eigenvalue weighted by atomic mass is 16.3. The van der Waals surface area contributed by atoms with E-state index in [1.807, 2.05) is 85.8 Å². The summed E-state index contributed by atoms with van der Waals surface area (Å²) in [6.45, 7) is 2.39. The highest BCUT2D eigenvalue weighted by Gasteiger charge is 2.50. The van der Waals surface area contributed by atoms with Gasteiger partial charge >= 0.3 is 0 Å². The second-order valence-corrected chi connectivity index (χ2v) is 6.47. The second-order valence-electron chi connectivity index (χ2n) is 6.47. The van der Waals surface area contributed by atoms with E-state index >= 15 is 0 Å². The normalized spacial score (nSPS) is 19.1. The summed E-state index contributed by atoms with van der Waals surface area (Å²) >= 11 is 0. The van der Waals surface area contributed by atoms with Gasteiger partial charge in [-0.1, -0.05) is 78.4 Å². The molecule has 25 heavy (non-hydrogen) atoms. The Morgan fingerprint density at radius 1 is 0.920 bits per heavy atom. The topological polar surface area (TPSA) is 40.5 Å². The Morgan fingerprint density at radius 3 is 2.40 bits per heavy atom. The first-order valence-electron chi connectivity index (χ1n) is 8.35. The summed E-state index contributed by atoms with van der Waals surface area (Å²) in [6, 6.07) is 24.8. The van der Waals surface area contributed by atoms with Crippen molar-refractivity contribution < 1.29 is 9.90 Å². The van der Waals surface area contributed by atoms with Crippen LogP contribution in [0.3, 0.4) is 0 Å². The fraction of sp³-hybridized carbons (Fsp3) is 0.136. The fourth-order valence-electron chi connectivity index (χ4n) is 3.51. The van der Waals surface area contributed by atoms with Crippen molar-refractivity contribution in [1.82, 2.24) is 0 Å². The van der Waals surface area contributed by atoms with Crippen LogP contribution in [0.4, 0.5) is 5.69 Å². The van der Waals surface area contributed by atoms with Crippen LogP contribution in [0.15, 0.2) is 78.9 Å². The van der Waals surface area contributed by atoms with Crippen molar-refractivity contribution in [2.75, 3.05) is 4.90 Å². The monoisotopic (exact) mass is 329 g/mol. The van der Waals surface area contributed by atoms with E-state index in [4.69, 9.17) is 0 Å². The Balaban J connectivity index is 1.84. The van der Waals surface area contributed by atoms with Crippen LogP contribution in [-0.2, 0) is 16.9 Å². The van der Waals surface area contributed by atoms with Gasteiger partial charge in [0.25, 0.3) is 5.91 Å². The summed E-state index contributed by atoms with van der Waals surface area (Å²) in [4.78, 5) is 14.9. The van der Waals surface area contributed by atoms with Gasteiger partial charge in [0.1, 0.15) is 0 Å². The number of aliphatic hydroxyl groups is 1. The highest BCUT2D eigenvalue weighted by Crippen LogP contribution is 2.44. The summed E-state index contributed by atoms with van der Waals surface area (Å²) in [6.07, 6.45) is 0. The molecule has 0 fully saturated rings. The minimum absolute atomic E-state index is 0.303. The van der Waals surface area contributed by atoms with Crippen LogP contribution in [-0.4, -0.2) is 11.0 Å². The Morgan fingerprint density at radius 2 is 1.64 bits per heavy atom. The fourth-order valence-corrected chi connectivity index (χ4v) is 3.51. The maximum atomic E-state index is 13.3. The molecule has 0 bridgehead atoms. The van der Waals surface area contributed by atoms with Gasteiger partial charge in [-0.2, -0.15) is 0 Å². The molecule has 0 spiro atoms. The van der Waals surface area contributed by atoms with E-state index in [0.29, 0.717) is 17.7 Å². The van der Waals surface area contributed by atoms with E-state index in [0.717, 1.165) is 16.8 Å². The number of hydrogen-bond acceptors (Lipinski definition) is 2. The predicted octanol–water partition coefficient (Wildman–Crippen LogP) is 3.78. The molecule has 4 rings (SSSR count). The Hall–Kier alpha value is -2.91. The Bertz CT molecular complexity index is 936. The van der Waals surface area contributed by atoms with Gasteiger partial charge in [0.05, 0.1) is 12.2 Å². The molecule has 3 aromatic rings. The molecule has 1 heterocycles. The molecule has 1 atom stereocenters. The van der Waals surface area contributed by atoms with Crippen molar-refractivity contribution in [3.8, 4) is 0 Å². The lowest BCUT2D eigenvalue weighted by molar-refractivity contribution is -0.132. The number of carbonyl (C=O) groups is 1. The molecule has 1 N–H and O–H groups in total. The smallest absolute Gasteiger partial charge is 0.268 e. The van der Waals surface area contributed by atoms with Crippen LogP contribution >= 0.6 is 0 Å². The molecule has 124 valence electrons. The predicted molar refractivity (Wildman–Crippen MR) is 98.3 cm³/mol. The molecular weight excluding hydrogens is 310 g/mol. The van der Waals surface area contributed by atoms with E-state index in [2.05, 4.69) is 0 Å². The summed E-state index contributed by atoms with van der Waals surface area (Å²) < 4.78 is 0. The number of aryl methyl sites for hydroxylation is 1. The molecular formula is C22H19NO2. The van der Waals surface area contributed by atoms with Crippen molar-refractivity contribution in [2.45, 2.75) is 19.1 Å². The molecule has 0 radical (unpaired) electrons. The van der Waals surface area contributed by atoms with Gasteiger partial charge in [0.2, 0.25) is 0 Å². The summed E-state index contributed by atoms with van der Waals surface area (Å²) in [5.74, 6) is -0.303. The van der Waals surface area contributed by atoms with Crippen molar-refractivity contribution in [1.29, 1.82) is 0 Å². The molecule has 0 aliphatic carbocycles. The molecule has 0 saturated carbocycles. The summed E-state index contributed by atoms with van der Waals surface area (Å²) in [5, 5.41) is 11.5. The number of rotatable bonds is 3. The van der Waals surface area contributed by atoms with Crippen LogP contribution < -0.4 is 4.90 Å². The molecule has 1 aliphatic heterocycles. The number of amides is 1. The molecule has 3 nitrogen and oxygen atoms in total. The maximum Gasteiger partial charge on any atom is 0.268 e. The zero-order chi connectivity index (χ0) is 17.4. The molecule has 3 heteroatoms. The number of fused-ring (bicyclic) bond motifs is 1. The van der Waals surface area contributed by atoms with Gasteiger partial charge in [-0.3, -0.25) is 4.79 Å². The average molecular weight is 329 g/mol. The highest BCUT2D eigenvalue weighted by molar-refractivity contribution is 6.09. The Kier molecular flexibility index (Phi) is 3.66. The van der Waals surface area contributed by atoms with Crippen molar-refractivity contribution in [3.63, 3.8) is 0 Å². The quantitative estimate of drug-likeness (QED) is 0.794. The molecule has 1 amide bonds. The molecule has 0 aromatic heterocycles. The maximum absolute atomic E-state index is 13.3. The third kappa shape index (κ3) is 2.44. The lowest BCUT2D eigenvalue weighted by Crippen LogP contribution is -2.40. The standard InChI is InChI=1S/C22H19NO2/c1-16-8-7-11-18(14-16)22(25)19-12-5-6-13-20(19)23(21(22)24)15-17-9-3-2-4-10-17/h2-14,25H,15H2,1H3. The van der Waals surface area contributed by atoms with Crippen LogP contribution in [0.1, 0.15) is 22.3 Å². The van der Waals surface area contributed by atoms with Gasteiger partial charge in [0.15, 0.2) is 5.60 Å². The van der Waals surface area contributed by atoms with Crippen molar-refractivity contribution in [3.05, 3.63) is 101 Å². The van der Waals surface area contributed by atoms with Crippen LogP contribution in [0.5, 0.6) is 0 Å². The minimum atomic E-state index is -1.64. The first-order chi connectivity index (χ1) is 12.1. The largest absolute Gasteiger partial charge is 0.372 e. The Labute approximate surface area is 147 Å². The second kappa shape index (κ2) is 5.87. The van der Waals surface area contributed by atoms with Gasteiger partial charge in [-0.05, 0) is 24.1 Å². The lowest BCUT2D eigenvalue weighted by Gasteiger charge is -2.24. The number of benzene rings is 3. The van der Waals surface area contributed by atoms with Crippen LogP contribution in [0.2, 0.25) is 0 Å². The van der Waals surface area contributed by atoms with E-state index in [1.54, 1.807) is 4.90 Å². The third-order valence-corrected chi connectivity index (χ3v) is 4.76. The van der Waals surface area contributed by atoms with Gasteiger partial charge in [-0.15, -0.1) is 0 Å². The number of para-hydroxylation sites is 1. The van der Waals surface area contributed by atoms with Gasteiger partial charge < -0.3 is 10.0 Å². The summed E-state index contributed by atoms with van der Waals surface area (Å²) in [7, 11) is 0. The molecule has 1 unspecified atom stereocenters. The number of carbonyl (C=O) groups excluding carboxylic acids is 1. The molecule has 0 saturated heterocycles. The number of anilines is 1. The van der Waals surface area contributed by atoms with E-state index in [9.17, 15) is 9.90 Å². The van der Waals surface area contributed by atoms with Crippen LogP contribution in [0.25, 0.3) is 0 Å². The molecule has 1 aliphatic rings. The van der Waals surface area contributed by atoms with E-state index in [1.165, 1.54) is 0 Å². The SMILES string of the molecule is Cc1cccc(C2(O)C(=O)N(Cc3ccccc3)c3ccccc32)c1. The number of hydrogen-bond donors (Lipinski definition) is 1. The zero-order valence-electron chi connectivity index (χ0n) is 14.0. The number of nitrogens with zero attached hydrogens (tertiary/aromatic N) is 1. The average Bonchev–Trinajstić information content (AvgIpc) is 2.86. The summed E-state index contributed by atoms with van der Waals surface area (Å²) in [5.41, 5.74) is 2.41. The van der Waals surface area contributed by atoms with E-state index < -0.39 is 5.60 Å². The van der Waals surface area contributed by atoms with Crippen molar-refractivity contribution in [2.24, 2.45) is 0 Å².